The molecule has 0 saturated heterocycles. The molecule has 164 valence electrons. The van der Waals surface area contributed by atoms with Crippen LogP contribution in [0.1, 0.15) is 49.5 Å². The molecule has 0 aliphatic rings. The number of carbonyl (C=O) groups is 1. The van der Waals surface area contributed by atoms with Crippen LogP contribution in [0.4, 0.5) is 5.69 Å². The van der Waals surface area contributed by atoms with Gasteiger partial charge in [-0.15, -0.1) is 0 Å². The number of ether oxygens (including phenoxy) is 1. The Morgan fingerprint density at radius 3 is 2.17 bits per heavy atom. The van der Waals surface area contributed by atoms with Gasteiger partial charge in [0.15, 0.2) is 0 Å². The summed E-state index contributed by atoms with van der Waals surface area (Å²) < 4.78 is 33.0. The minimum atomic E-state index is -3.68. The van der Waals surface area contributed by atoms with Crippen molar-refractivity contribution >= 4 is 21.7 Å². The van der Waals surface area contributed by atoms with Crippen molar-refractivity contribution < 1.29 is 17.9 Å². The smallest absolute Gasteiger partial charge is 0.338 e. The molecule has 0 heterocycles. The van der Waals surface area contributed by atoms with Crippen LogP contribution in [0, 0.1) is 0 Å². The minimum Gasteiger partial charge on any atom is -0.461 e. The summed E-state index contributed by atoms with van der Waals surface area (Å²) in [4.78, 5) is 14.5. The monoisotopic (exact) mass is 432 g/mol. The number of nitrogens with one attached hydrogen (secondary N) is 1. The number of esters is 1. The topological polar surface area (TPSA) is 75.7 Å². The van der Waals surface area contributed by atoms with Gasteiger partial charge in [0.25, 0.3) is 10.0 Å². The Morgan fingerprint density at radius 1 is 0.967 bits per heavy atom. The van der Waals surface area contributed by atoms with Gasteiger partial charge in [-0.25, -0.2) is 13.2 Å². The molecule has 0 saturated carbocycles. The Bertz CT molecular complexity index is 890. The molecular formula is C23H32N2O4S. The maximum atomic E-state index is 12.6. The van der Waals surface area contributed by atoms with Gasteiger partial charge in [0.1, 0.15) is 6.61 Å². The van der Waals surface area contributed by atoms with Gasteiger partial charge in [-0.3, -0.25) is 4.72 Å². The summed E-state index contributed by atoms with van der Waals surface area (Å²) in [5, 5.41) is 0. The Balaban J connectivity index is 1.94. The first-order chi connectivity index (χ1) is 14.4. The first-order valence-corrected chi connectivity index (χ1v) is 12.0. The summed E-state index contributed by atoms with van der Waals surface area (Å²) in [6, 6.07) is 13.2. The third-order valence-corrected chi connectivity index (χ3v) is 6.36. The van der Waals surface area contributed by atoms with E-state index in [9.17, 15) is 13.2 Å². The highest BCUT2D eigenvalue weighted by molar-refractivity contribution is 7.92. The third-order valence-electron chi connectivity index (χ3n) is 4.96. The number of nitrogens with zero attached hydrogens (tertiary/aromatic N) is 1. The van der Waals surface area contributed by atoms with Gasteiger partial charge in [-0.1, -0.05) is 39.3 Å². The van der Waals surface area contributed by atoms with Gasteiger partial charge in [0, 0.05) is 12.2 Å². The lowest BCUT2D eigenvalue weighted by atomic mass is 10.1. The second-order valence-electron chi connectivity index (χ2n) is 7.09. The van der Waals surface area contributed by atoms with Gasteiger partial charge in [0.05, 0.1) is 10.5 Å². The maximum Gasteiger partial charge on any atom is 0.338 e. The lowest BCUT2D eigenvalue weighted by Gasteiger charge is -2.17. The molecule has 0 fully saturated rings. The summed E-state index contributed by atoms with van der Waals surface area (Å²) in [5.74, 6) is -0.417. The number of likely N-dealkylation sites (N-methyl/N-ethyl adjacent to an activating group) is 1. The molecule has 2 rings (SSSR count). The molecule has 0 atom stereocenters. The van der Waals surface area contributed by atoms with Crippen LogP contribution in [-0.4, -0.2) is 45.5 Å². The molecule has 0 spiro atoms. The van der Waals surface area contributed by atoms with E-state index in [1.807, 2.05) is 12.1 Å². The summed E-state index contributed by atoms with van der Waals surface area (Å²) in [7, 11) is -3.68. The van der Waals surface area contributed by atoms with Crippen molar-refractivity contribution in [2.24, 2.45) is 0 Å². The second-order valence-corrected chi connectivity index (χ2v) is 8.78. The van der Waals surface area contributed by atoms with Crippen LogP contribution < -0.4 is 4.72 Å². The van der Waals surface area contributed by atoms with E-state index in [0.717, 1.165) is 37.9 Å². The molecule has 0 radical (unpaired) electrons. The number of aryl methyl sites for hydroxylation is 1. The van der Waals surface area contributed by atoms with E-state index in [4.69, 9.17) is 4.74 Å². The van der Waals surface area contributed by atoms with Crippen LogP contribution in [0.5, 0.6) is 0 Å². The highest BCUT2D eigenvalue weighted by atomic mass is 32.2. The van der Waals surface area contributed by atoms with E-state index in [1.54, 1.807) is 36.4 Å². The standard InChI is InChI=1S/C23H32N2O4S/c1-4-7-8-19-9-15-22(16-10-19)30(27,28)24-21-13-11-20(12-14-21)23(26)29-18-17-25(5-2)6-3/h9-16,24H,4-8,17-18H2,1-3H3. The average Bonchev–Trinajstić information content (AvgIpc) is 2.75. The number of benzene rings is 2. The fourth-order valence-corrected chi connectivity index (χ4v) is 4.05. The Kier molecular flexibility index (Phi) is 9.33. The fraction of sp³-hybridized carbons (Fsp3) is 0.435. The molecule has 30 heavy (non-hydrogen) atoms. The largest absolute Gasteiger partial charge is 0.461 e. The molecule has 0 aliphatic carbocycles. The normalized spacial score (nSPS) is 11.5. The average molecular weight is 433 g/mol. The van der Waals surface area contributed by atoms with Crippen molar-refractivity contribution in [2.45, 2.75) is 44.9 Å². The van der Waals surface area contributed by atoms with E-state index in [-0.39, 0.29) is 4.90 Å². The van der Waals surface area contributed by atoms with Gasteiger partial charge >= 0.3 is 5.97 Å². The lowest BCUT2D eigenvalue weighted by molar-refractivity contribution is 0.0466. The predicted octanol–water partition coefficient (Wildman–Crippen LogP) is 4.33. The molecule has 0 aliphatic heterocycles. The Hall–Kier alpha value is -2.38. The molecule has 0 aromatic heterocycles. The third kappa shape index (κ3) is 7.15. The van der Waals surface area contributed by atoms with Crippen LogP contribution in [0.25, 0.3) is 0 Å². The summed E-state index contributed by atoms with van der Waals surface area (Å²) in [6.07, 6.45) is 3.12. The summed E-state index contributed by atoms with van der Waals surface area (Å²) in [5.41, 5.74) is 1.90. The molecule has 0 amide bonds. The van der Waals surface area contributed by atoms with E-state index in [0.29, 0.717) is 24.4 Å². The molecular weight excluding hydrogens is 400 g/mol. The van der Waals surface area contributed by atoms with Gasteiger partial charge in [-0.05, 0) is 67.9 Å². The fourth-order valence-electron chi connectivity index (χ4n) is 3.00. The van der Waals surface area contributed by atoms with Crippen molar-refractivity contribution in [3.63, 3.8) is 0 Å². The number of hydrogen-bond acceptors (Lipinski definition) is 5. The lowest BCUT2D eigenvalue weighted by Crippen LogP contribution is -2.27. The molecule has 0 bridgehead atoms. The van der Waals surface area contributed by atoms with Crippen LogP contribution in [0.15, 0.2) is 53.4 Å². The Labute approximate surface area is 180 Å². The van der Waals surface area contributed by atoms with Gasteiger partial charge < -0.3 is 9.64 Å². The second kappa shape index (κ2) is 11.7. The van der Waals surface area contributed by atoms with E-state index >= 15 is 0 Å². The number of hydrogen-bond donors (Lipinski definition) is 1. The number of unbranched alkanes of at least 4 members (excludes halogenated alkanes) is 1. The van der Waals surface area contributed by atoms with Crippen LogP contribution in [0.2, 0.25) is 0 Å². The molecule has 1 N–H and O–H groups in total. The molecule has 2 aromatic rings. The first kappa shape index (κ1) is 23.9. The zero-order chi connectivity index (χ0) is 22.0. The van der Waals surface area contributed by atoms with Gasteiger partial charge in [0.2, 0.25) is 0 Å². The number of sulfonamides is 1. The minimum absolute atomic E-state index is 0.211. The summed E-state index contributed by atoms with van der Waals surface area (Å²) in [6.45, 7) is 9.07. The maximum absolute atomic E-state index is 12.6. The number of rotatable bonds is 12. The molecule has 7 heteroatoms. The number of anilines is 1. The predicted molar refractivity (Wildman–Crippen MR) is 120 cm³/mol. The van der Waals surface area contributed by atoms with Crippen molar-refractivity contribution in [1.82, 2.24) is 4.90 Å². The van der Waals surface area contributed by atoms with Crippen molar-refractivity contribution in [3.8, 4) is 0 Å². The molecule has 2 aromatic carbocycles. The highest BCUT2D eigenvalue weighted by Gasteiger charge is 2.15. The van der Waals surface area contributed by atoms with Crippen LogP contribution in [-0.2, 0) is 21.2 Å². The quantitative estimate of drug-likeness (QED) is 0.505. The van der Waals surface area contributed by atoms with Crippen LogP contribution in [0.3, 0.4) is 0 Å². The number of carbonyl (C=O) groups excluding carboxylic acids is 1. The van der Waals surface area contributed by atoms with E-state index < -0.39 is 16.0 Å². The SMILES string of the molecule is CCCCc1ccc(S(=O)(=O)Nc2ccc(C(=O)OCCN(CC)CC)cc2)cc1. The van der Waals surface area contributed by atoms with Crippen molar-refractivity contribution in [2.75, 3.05) is 31.0 Å². The zero-order valence-electron chi connectivity index (χ0n) is 18.1. The van der Waals surface area contributed by atoms with E-state index in [2.05, 4.69) is 30.4 Å². The molecule has 0 unspecified atom stereocenters. The Morgan fingerprint density at radius 2 is 1.60 bits per heavy atom. The summed E-state index contributed by atoms with van der Waals surface area (Å²) >= 11 is 0. The zero-order valence-corrected chi connectivity index (χ0v) is 18.9. The van der Waals surface area contributed by atoms with Crippen LogP contribution >= 0.6 is 0 Å². The molecule has 6 nitrogen and oxygen atoms in total. The van der Waals surface area contributed by atoms with Crippen molar-refractivity contribution in [3.05, 3.63) is 59.7 Å². The van der Waals surface area contributed by atoms with Gasteiger partial charge in [-0.2, -0.15) is 0 Å². The van der Waals surface area contributed by atoms with Crippen molar-refractivity contribution in [1.29, 1.82) is 0 Å². The van der Waals surface area contributed by atoms with E-state index in [1.165, 1.54) is 0 Å². The highest BCUT2D eigenvalue weighted by Crippen LogP contribution is 2.18. The first-order valence-electron chi connectivity index (χ1n) is 10.5.